The van der Waals surface area contributed by atoms with Crippen molar-refractivity contribution in [3.05, 3.63) is 0 Å². The quantitative estimate of drug-likeness (QED) is 0.319. The predicted octanol–water partition coefficient (Wildman–Crippen LogP) is 3.24. The molecule has 0 aliphatic heterocycles. The predicted molar refractivity (Wildman–Crippen MR) is 77.2 cm³/mol. The summed E-state index contributed by atoms with van der Waals surface area (Å²) in [7, 11) is 0. The van der Waals surface area contributed by atoms with E-state index >= 15 is 0 Å². The fraction of sp³-hybridized carbons (Fsp3) is 0.875. The molecule has 0 radical (unpaired) electrons. The summed E-state index contributed by atoms with van der Waals surface area (Å²) in [6.07, 6.45) is -34.1. The van der Waals surface area contributed by atoms with Crippen molar-refractivity contribution in [2.75, 3.05) is 0 Å². The van der Waals surface area contributed by atoms with Gasteiger partial charge in [0, 0.05) is 11.8 Å². The second-order valence-corrected chi connectivity index (χ2v) is 7.79. The number of hydrogen-bond donors (Lipinski definition) is 0. The molecule has 0 spiro atoms. The molecule has 1 aliphatic rings. The molecule has 0 N–H and O–H groups in total. The number of aliphatic carboxylic acids is 2. The summed E-state index contributed by atoms with van der Waals surface area (Å²) in [6, 6.07) is 0. The topological polar surface area (TPSA) is 98.7 Å². The summed E-state index contributed by atoms with van der Waals surface area (Å²) in [4.78, 5) is 19.9. The van der Waals surface area contributed by atoms with E-state index in [0.717, 1.165) is 0 Å². The summed E-state index contributed by atoms with van der Waals surface area (Å²) in [5.41, 5.74) is 0. The maximum absolute atomic E-state index is 14.1. The van der Waals surface area contributed by atoms with E-state index < -0.39 is 97.6 Å². The lowest BCUT2D eigenvalue weighted by Crippen LogP contribution is -2.61. The van der Waals surface area contributed by atoms with E-state index in [1.165, 1.54) is 0 Å². The smallest absolute Gasteiger partial charge is 0.429 e. The molecule has 0 amide bonds. The van der Waals surface area contributed by atoms with Crippen LogP contribution in [0.5, 0.6) is 0 Å². The van der Waals surface area contributed by atoms with Crippen LogP contribution in [0, 0.1) is 11.8 Å². The van der Waals surface area contributed by atoms with Crippen molar-refractivity contribution in [1.29, 1.82) is 0 Å². The number of carboxylic acid groups (broad SMARTS) is 2. The van der Waals surface area contributed by atoms with E-state index in [1.807, 2.05) is 9.47 Å². The Labute approximate surface area is 198 Å². The van der Waals surface area contributed by atoms with Crippen LogP contribution in [0.15, 0.2) is 0 Å². The fourth-order valence-electron chi connectivity index (χ4n) is 3.12. The number of carbonyl (C=O) groups excluding carboxylic acids is 2. The maximum atomic E-state index is 14.1. The molecule has 22 heteroatoms. The Balaban J connectivity index is 3.09. The molecule has 1 saturated carbocycles. The molecule has 0 atom stereocenters. The Bertz CT molecular complexity index is 824. The standard InChI is InChI=1S/C16H12F16O6/c17-9(18,13(25,26)37-15(29,30)11(21,22)7(33)34)5-1-2-6(4-3-5)10(19,20)14(27,28)38-16(31,32)12(23,24)8(35)36/h5-6H,1-4H2,(H,33,34)(H,35,36)/p-2. The molecule has 1 fully saturated rings. The van der Waals surface area contributed by atoms with Crippen LogP contribution < -0.4 is 10.2 Å². The summed E-state index contributed by atoms with van der Waals surface area (Å²) >= 11 is 0. The van der Waals surface area contributed by atoms with Gasteiger partial charge in [0.25, 0.3) is 0 Å². The molecule has 1 rings (SSSR count). The summed E-state index contributed by atoms with van der Waals surface area (Å²) in [5.74, 6) is -39.4. The molecule has 0 heterocycles. The highest BCUT2D eigenvalue weighted by atomic mass is 19.4. The van der Waals surface area contributed by atoms with E-state index in [-0.39, 0.29) is 0 Å². The SMILES string of the molecule is O=C([O-])C(F)(F)C(F)(F)OC(F)(F)C(F)(F)C1CCC(C(F)(F)C(F)(F)OC(F)(F)C(F)(F)C(=O)[O-])CC1. The summed E-state index contributed by atoms with van der Waals surface area (Å²) < 4.78 is 219. The highest BCUT2D eigenvalue weighted by molar-refractivity contribution is 5.74. The first-order chi connectivity index (χ1) is 16.5. The van der Waals surface area contributed by atoms with Gasteiger partial charge in [-0.25, -0.2) is 9.47 Å². The molecule has 224 valence electrons. The Morgan fingerprint density at radius 1 is 0.474 bits per heavy atom. The largest absolute Gasteiger partial charge is 0.544 e. The zero-order valence-corrected chi connectivity index (χ0v) is 17.5. The highest BCUT2D eigenvalue weighted by Gasteiger charge is 2.74. The average Bonchev–Trinajstić information content (AvgIpc) is 2.71. The van der Waals surface area contributed by atoms with Crippen LogP contribution in [0.25, 0.3) is 0 Å². The maximum Gasteiger partial charge on any atom is 0.429 e. The molecular weight excluding hydrogens is 592 g/mol. The number of carboxylic acids is 2. The average molecular weight is 602 g/mol. The van der Waals surface area contributed by atoms with Crippen LogP contribution in [0.2, 0.25) is 0 Å². The molecular formula is C16H10F16O6-2. The minimum absolute atomic E-state index is 1.78. The van der Waals surface area contributed by atoms with Gasteiger partial charge >= 0.3 is 48.1 Å². The van der Waals surface area contributed by atoms with Crippen molar-refractivity contribution in [3.63, 3.8) is 0 Å². The third-order valence-electron chi connectivity index (χ3n) is 5.29. The lowest BCUT2D eigenvalue weighted by atomic mass is 9.76. The van der Waals surface area contributed by atoms with Gasteiger partial charge < -0.3 is 19.8 Å². The summed E-state index contributed by atoms with van der Waals surface area (Å²) in [6.45, 7) is 0. The molecule has 0 bridgehead atoms. The second-order valence-electron chi connectivity index (χ2n) is 7.79. The first-order valence-electron chi connectivity index (χ1n) is 9.37. The summed E-state index contributed by atoms with van der Waals surface area (Å²) in [5, 5.41) is 19.9. The normalized spacial score (nSPS) is 21.4. The Morgan fingerprint density at radius 3 is 0.868 bits per heavy atom. The van der Waals surface area contributed by atoms with E-state index in [0.29, 0.717) is 0 Å². The lowest BCUT2D eigenvalue weighted by Gasteiger charge is -2.41. The number of carbonyl (C=O) groups is 2. The number of alkyl halides is 16. The van der Waals surface area contributed by atoms with Gasteiger partial charge in [0.2, 0.25) is 0 Å². The van der Waals surface area contributed by atoms with Crippen molar-refractivity contribution in [2.45, 2.75) is 73.8 Å². The van der Waals surface area contributed by atoms with Crippen LogP contribution in [0.4, 0.5) is 70.2 Å². The number of rotatable bonds is 12. The highest BCUT2D eigenvalue weighted by Crippen LogP contribution is 2.55. The first kappa shape index (κ1) is 33.8. The van der Waals surface area contributed by atoms with Gasteiger partial charge in [-0.2, -0.15) is 70.2 Å². The van der Waals surface area contributed by atoms with Crippen molar-refractivity contribution in [2.24, 2.45) is 11.8 Å². The zero-order chi connectivity index (χ0) is 30.6. The Hall–Kier alpha value is -2.26. The van der Waals surface area contributed by atoms with Crippen LogP contribution in [0.3, 0.4) is 0 Å². The molecule has 0 saturated heterocycles. The van der Waals surface area contributed by atoms with Crippen molar-refractivity contribution in [3.8, 4) is 0 Å². The molecule has 6 nitrogen and oxygen atoms in total. The van der Waals surface area contributed by atoms with Crippen LogP contribution in [0.1, 0.15) is 25.7 Å². The van der Waals surface area contributed by atoms with Crippen molar-refractivity contribution < 1.29 is 99.5 Å². The van der Waals surface area contributed by atoms with Gasteiger partial charge in [-0.1, -0.05) is 0 Å². The molecule has 38 heavy (non-hydrogen) atoms. The first-order valence-corrected chi connectivity index (χ1v) is 9.37. The molecule has 0 aromatic rings. The molecule has 0 aromatic carbocycles. The Morgan fingerprint density at radius 2 is 0.684 bits per heavy atom. The minimum atomic E-state index is -6.83. The lowest BCUT2D eigenvalue weighted by molar-refractivity contribution is -0.480. The van der Waals surface area contributed by atoms with Crippen LogP contribution in [-0.2, 0) is 19.1 Å². The third-order valence-corrected chi connectivity index (χ3v) is 5.29. The number of ether oxygens (including phenoxy) is 2. The van der Waals surface area contributed by atoms with E-state index in [1.54, 1.807) is 0 Å². The monoisotopic (exact) mass is 602 g/mol. The van der Waals surface area contributed by atoms with Crippen LogP contribution in [-0.4, -0.2) is 60.1 Å². The van der Waals surface area contributed by atoms with Crippen molar-refractivity contribution in [1.82, 2.24) is 0 Å². The van der Waals surface area contributed by atoms with Gasteiger partial charge in [-0.05, 0) is 25.7 Å². The fourth-order valence-corrected chi connectivity index (χ4v) is 3.12. The third kappa shape index (κ3) is 5.69. The van der Waals surface area contributed by atoms with Gasteiger partial charge in [0.1, 0.15) is 11.9 Å². The minimum Gasteiger partial charge on any atom is -0.544 e. The van der Waals surface area contributed by atoms with E-state index in [9.17, 15) is 90.0 Å². The molecule has 0 unspecified atom stereocenters. The van der Waals surface area contributed by atoms with Gasteiger partial charge in [-0.15, -0.1) is 0 Å². The van der Waals surface area contributed by atoms with Crippen molar-refractivity contribution >= 4 is 11.9 Å². The molecule has 1 aliphatic carbocycles. The second kappa shape index (κ2) is 9.73. The van der Waals surface area contributed by atoms with E-state index in [4.69, 9.17) is 0 Å². The van der Waals surface area contributed by atoms with E-state index in [2.05, 4.69) is 0 Å². The molecule has 0 aromatic heterocycles. The van der Waals surface area contributed by atoms with Gasteiger partial charge in [-0.3, -0.25) is 0 Å². The number of hydrogen-bond acceptors (Lipinski definition) is 6. The Kier molecular flexibility index (Phi) is 8.65. The van der Waals surface area contributed by atoms with Gasteiger partial charge in [0.15, 0.2) is 0 Å². The zero-order valence-electron chi connectivity index (χ0n) is 17.5. The van der Waals surface area contributed by atoms with Gasteiger partial charge in [0.05, 0.1) is 0 Å². The number of halogens is 16. The van der Waals surface area contributed by atoms with Crippen LogP contribution >= 0.6 is 0 Å².